The first-order valence-electron chi connectivity index (χ1n) is 4.70. The van der Waals surface area contributed by atoms with Crippen LogP contribution in [0.3, 0.4) is 0 Å². The van der Waals surface area contributed by atoms with Crippen LogP contribution < -0.4 is 0 Å². The monoisotopic (exact) mass is 153 g/mol. The van der Waals surface area contributed by atoms with Gasteiger partial charge < -0.3 is 0 Å². The van der Waals surface area contributed by atoms with E-state index in [1.165, 1.54) is 45.3 Å². The Morgan fingerprint density at radius 1 is 1.18 bits per heavy atom. The topological polar surface area (TPSA) is 6.25 Å². The van der Waals surface area contributed by atoms with Crippen molar-refractivity contribution < 1.29 is 4.58 Å². The Balaban J connectivity index is 2.21. The van der Waals surface area contributed by atoms with Crippen LogP contribution in [0.5, 0.6) is 0 Å². The molecule has 0 radical (unpaired) electrons. The Kier molecular flexibility index (Phi) is 1.84. The summed E-state index contributed by atoms with van der Waals surface area (Å²) < 4.78 is 2.56. The van der Waals surface area contributed by atoms with Crippen LogP contribution in [-0.2, 0) is 0 Å². The van der Waals surface area contributed by atoms with E-state index in [0.717, 1.165) is 0 Å². The van der Waals surface area contributed by atoms with Crippen molar-refractivity contribution in [3.05, 3.63) is 0 Å². The predicted octanol–water partition coefficient (Wildman–Crippen LogP) is 0.917. The molecule has 0 fully saturated rings. The van der Waals surface area contributed by atoms with Crippen molar-refractivity contribution in [3.8, 4) is 0 Å². The normalized spacial score (nSPS) is 25.4. The average Bonchev–Trinajstić information content (AvgIpc) is 2.06. The first-order valence-corrected chi connectivity index (χ1v) is 4.70. The molecule has 0 aromatic rings. The fraction of sp³-hybridized carbons (Fsp3) is 0.889. The molecule has 2 nitrogen and oxygen atoms in total. The zero-order valence-electron chi connectivity index (χ0n) is 7.34. The molecular weight excluding hydrogens is 136 g/mol. The summed E-state index contributed by atoms with van der Waals surface area (Å²) in [6.45, 7) is 3.88. The molecule has 0 saturated heterocycles. The Bertz CT molecular complexity index is 180. The maximum Gasteiger partial charge on any atom is 0.246 e. The van der Waals surface area contributed by atoms with Crippen molar-refractivity contribution in [2.75, 3.05) is 26.7 Å². The molecule has 0 bridgehead atoms. The summed E-state index contributed by atoms with van der Waals surface area (Å²) in [7, 11) is 2.23. The van der Waals surface area contributed by atoms with Gasteiger partial charge in [0.25, 0.3) is 0 Å². The third-order valence-corrected chi connectivity index (χ3v) is 2.81. The summed E-state index contributed by atoms with van der Waals surface area (Å²) in [5, 5.41) is 0. The van der Waals surface area contributed by atoms with Crippen molar-refractivity contribution in [2.24, 2.45) is 0 Å². The number of amidine groups is 1. The minimum absolute atomic E-state index is 1.27. The summed E-state index contributed by atoms with van der Waals surface area (Å²) >= 11 is 0. The summed E-state index contributed by atoms with van der Waals surface area (Å²) in [6.07, 6.45) is 5.46. The van der Waals surface area contributed by atoms with Gasteiger partial charge >= 0.3 is 0 Å². The highest BCUT2D eigenvalue weighted by Crippen LogP contribution is 2.12. The zero-order chi connectivity index (χ0) is 7.68. The van der Waals surface area contributed by atoms with Crippen LogP contribution in [0.1, 0.15) is 25.7 Å². The SMILES string of the molecule is CN1CCC[N+]2=C1CCCC2. The molecule has 2 heterocycles. The van der Waals surface area contributed by atoms with Gasteiger partial charge in [0.1, 0.15) is 0 Å². The molecular formula is C9H17N2+. The van der Waals surface area contributed by atoms with E-state index in [1.807, 2.05) is 0 Å². The Morgan fingerprint density at radius 3 is 2.82 bits per heavy atom. The van der Waals surface area contributed by atoms with E-state index in [4.69, 9.17) is 0 Å². The van der Waals surface area contributed by atoms with E-state index in [9.17, 15) is 0 Å². The Hall–Kier alpha value is -0.530. The second-order valence-electron chi connectivity index (χ2n) is 3.64. The van der Waals surface area contributed by atoms with Crippen molar-refractivity contribution in [1.82, 2.24) is 4.90 Å². The lowest BCUT2D eigenvalue weighted by atomic mass is 10.1. The molecule has 0 aromatic heterocycles. The molecule has 0 aliphatic carbocycles. The van der Waals surface area contributed by atoms with E-state index < -0.39 is 0 Å². The number of hydrogen-bond donors (Lipinski definition) is 0. The third-order valence-electron chi connectivity index (χ3n) is 2.81. The van der Waals surface area contributed by atoms with Gasteiger partial charge in [-0.2, -0.15) is 0 Å². The van der Waals surface area contributed by atoms with Gasteiger partial charge in [-0.1, -0.05) is 0 Å². The van der Waals surface area contributed by atoms with Crippen molar-refractivity contribution in [3.63, 3.8) is 0 Å². The fourth-order valence-corrected chi connectivity index (χ4v) is 2.17. The molecule has 0 saturated carbocycles. The van der Waals surface area contributed by atoms with Crippen molar-refractivity contribution in [2.45, 2.75) is 25.7 Å². The predicted molar refractivity (Wildman–Crippen MR) is 46.1 cm³/mol. The summed E-state index contributed by atoms with van der Waals surface area (Å²) in [5.41, 5.74) is 0. The summed E-state index contributed by atoms with van der Waals surface area (Å²) in [6, 6.07) is 0. The fourth-order valence-electron chi connectivity index (χ4n) is 2.17. The molecule has 0 spiro atoms. The quantitative estimate of drug-likeness (QED) is 0.469. The highest BCUT2D eigenvalue weighted by atomic mass is 15.2. The molecule has 0 unspecified atom stereocenters. The minimum Gasteiger partial charge on any atom is -0.268 e. The second kappa shape index (κ2) is 2.84. The van der Waals surface area contributed by atoms with Crippen LogP contribution in [0.25, 0.3) is 0 Å². The highest BCUT2D eigenvalue weighted by molar-refractivity contribution is 5.77. The Labute approximate surface area is 68.5 Å². The van der Waals surface area contributed by atoms with Crippen LogP contribution in [0.4, 0.5) is 0 Å². The van der Waals surface area contributed by atoms with Gasteiger partial charge in [0, 0.05) is 12.8 Å². The lowest BCUT2D eigenvalue weighted by molar-refractivity contribution is -0.543. The molecule has 2 aliphatic rings. The Morgan fingerprint density at radius 2 is 2.00 bits per heavy atom. The van der Waals surface area contributed by atoms with Gasteiger partial charge in [0.15, 0.2) is 0 Å². The zero-order valence-corrected chi connectivity index (χ0v) is 7.34. The van der Waals surface area contributed by atoms with E-state index >= 15 is 0 Å². The molecule has 2 rings (SSSR count). The van der Waals surface area contributed by atoms with E-state index in [0.29, 0.717) is 0 Å². The minimum atomic E-state index is 1.27. The van der Waals surface area contributed by atoms with Crippen molar-refractivity contribution >= 4 is 5.84 Å². The number of nitrogens with zero attached hydrogens (tertiary/aromatic N) is 2. The lowest BCUT2D eigenvalue weighted by Gasteiger charge is -2.27. The highest BCUT2D eigenvalue weighted by Gasteiger charge is 2.25. The van der Waals surface area contributed by atoms with Gasteiger partial charge in [-0.05, 0) is 12.8 Å². The third kappa shape index (κ3) is 1.26. The number of hydrogen-bond acceptors (Lipinski definition) is 1. The molecule has 2 aliphatic heterocycles. The van der Waals surface area contributed by atoms with Crippen LogP contribution in [0, 0.1) is 0 Å². The van der Waals surface area contributed by atoms with E-state index in [1.54, 1.807) is 5.84 Å². The summed E-state index contributed by atoms with van der Waals surface area (Å²) in [4.78, 5) is 2.43. The van der Waals surface area contributed by atoms with E-state index in [-0.39, 0.29) is 0 Å². The average molecular weight is 153 g/mol. The lowest BCUT2D eigenvalue weighted by Crippen LogP contribution is -2.44. The summed E-state index contributed by atoms with van der Waals surface area (Å²) in [5.74, 6) is 1.60. The maximum absolute atomic E-state index is 2.56. The van der Waals surface area contributed by atoms with E-state index in [2.05, 4.69) is 16.5 Å². The van der Waals surface area contributed by atoms with Crippen LogP contribution in [-0.4, -0.2) is 42.0 Å². The smallest absolute Gasteiger partial charge is 0.246 e. The molecule has 0 amide bonds. The molecule has 0 N–H and O–H groups in total. The maximum atomic E-state index is 2.56. The van der Waals surface area contributed by atoms with Crippen LogP contribution in [0.2, 0.25) is 0 Å². The molecule has 0 aromatic carbocycles. The van der Waals surface area contributed by atoms with Crippen LogP contribution >= 0.6 is 0 Å². The van der Waals surface area contributed by atoms with Gasteiger partial charge in [-0.3, -0.25) is 9.48 Å². The molecule has 2 heteroatoms. The van der Waals surface area contributed by atoms with Gasteiger partial charge in [0.05, 0.1) is 26.7 Å². The largest absolute Gasteiger partial charge is 0.268 e. The van der Waals surface area contributed by atoms with Gasteiger partial charge in [-0.15, -0.1) is 0 Å². The van der Waals surface area contributed by atoms with Gasteiger partial charge in [-0.25, -0.2) is 0 Å². The molecule has 62 valence electrons. The van der Waals surface area contributed by atoms with Crippen molar-refractivity contribution in [1.29, 1.82) is 0 Å². The number of rotatable bonds is 0. The first-order chi connectivity index (χ1) is 5.38. The standard InChI is InChI=1S/C9H17N2/c1-10-6-4-8-11-7-3-2-5-9(10)11/h2-8H2,1H3/q+1. The molecule has 11 heavy (non-hydrogen) atoms. The molecule has 0 atom stereocenters. The second-order valence-corrected chi connectivity index (χ2v) is 3.64. The first kappa shape index (κ1) is 7.14. The van der Waals surface area contributed by atoms with Crippen LogP contribution in [0.15, 0.2) is 0 Å². The van der Waals surface area contributed by atoms with Gasteiger partial charge in [0.2, 0.25) is 5.84 Å².